The molecule has 0 saturated heterocycles. The van der Waals surface area contributed by atoms with Gasteiger partial charge < -0.3 is 24.7 Å². The minimum absolute atomic E-state index is 0.0154. The zero-order chi connectivity index (χ0) is 19.0. The summed E-state index contributed by atoms with van der Waals surface area (Å²) in [7, 11) is 3.97. The number of amides is 1. The molecule has 0 bridgehead atoms. The predicted octanol–water partition coefficient (Wildman–Crippen LogP) is 2.63. The van der Waals surface area contributed by atoms with Gasteiger partial charge in [0, 0.05) is 12.1 Å². The van der Waals surface area contributed by atoms with Crippen LogP contribution in [-0.2, 0) is 0 Å². The minimum atomic E-state index is -0.114. The molecule has 7 heteroatoms. The van der Waals surface area contributed by atoms with Crippen molar-refractivity contribution in [2.75, 3.05) is 27.4 Å². The van der Waals surface area contributed by atoms with Crippen molar-refractivity contribution in [3.63, 3.8) is 0 Å². The van der Waals surface area contributed by atoms with Crippen LogP contribution in [0.3, 0.4) is 0 Å². The van der Waals surface area contributed by atoms with Crippen LogP contribution in [0.25, 0.3) is 11.0 Å². The van der Waals surface area contributed by atoms with Crippen LogP contribution in [0.2, 0.25) is 0 Å². The lowest BCUT2D eigenvalue weighted by Gasteiger charge is -2.25. The fourth-order valence-electron chi connectivity index (χ4n) is 3.29. The third-order valence-electron chi connectivity index (χ3n) is 4.72. The number of likely N-dealkylation sites (N-methyl/N-ethyl adjacent to an activating group) is 1. The molecule has 1 aliphatic rings. The Hall–Kier alpha value is -3.06. The van der Waals surface area contributed by atoms with Gasteiger partial charge in [-0.15, -0.1) is 0 Å². The van der Waals surface area contributed by atoms with Gasteiger partial charge in [-0.2, -0.15) is 0 Å². The first kappa shape index (κ1) is 17.4. The number of ether oxygens (including phenoxy) is 2. The number of aromatic amines is 1. The Balaban J connectivity index is 1.49. The Morgan fingerprint density at radius 2 is 2.04 bits per heavy atom. The van der Waals surface area contributed by atoms with E-state index >= 15 is 0 Å². The molecule has 27 heavy (non-hydrogen) atoms. The first-order chi connectivity index (χ1) is 13.0. The quantitative estimate of drug-likeness (QED) is 0.726. The summed E-state index contributed by atoms with van der Waals surface area (Å²) < 4.78 is 10.8. The van der Waals surface area contributed by atoms with Gasteiger partial charge in [-0.1, -0.05) is 6.07 Å². The molecule has 2 aromatic carbocycles. The van der Waals surface area contributed by atoms with Crippen molar-refractivity contribution in [3.8, 4) is 11.5 Å². The van der Waals surface area contributed by atoms with Gasteiger partial charge in [-0.05, 0) is 56.9 Å². The fourth-order valence-corrected chi connectivity index (χ4v) is 3.29. The number of H-pyrrole nitrogens is 1. The predicted molar refractivity (Wildman–Crippen MR) is 102 cm³/mol. The summed E-state index contributed by atoms with van der Waals surface area (Å²) in [5, 5.41) is 3.03. The van der Waals surface area contributed by atoms with Crippen molar-refractivity contribution in [1.82, 2.24) is 20.2 Å². The molecule has 0 fully saturated rings. The maximum Gasteiger partial charge on any atom is 0.251 e. The molecule has 7 nitrogen and oxygen atoms in total. The highest BCUT2D eigenvalue weighted by atomic mass is 16.7. The Kier molecular flexibility index (Phi) is 4.45. The van der Waals surface area contributed by atoms with Gasteiger partial charge in [0.05, 0.1) is 17.1 Å². The second-order valence-corrected chi connectivity index (χ2v) is 6.86. The normalized spacial score (nSPS) is 13.9. The van der Waals surface area contributed by atoms with Crippen LogP contribution in [0.5, 0.6) is 11.5 Å². The summed E-state index contributed by atoms with van der Waals surface area (Å²) in [5.41, 5.74) is 3.38. The lowest BCUT2D eigenvalue weighted by atomic mass is 10.0. The van der Waals surface area contributed by atoms with Crippen LogP contribution in [0.15, 0.2) is 36.4 Å². The van der Waals surface area contributed by atoms with Crippen molar-refractivity contribution in [3.05, 3.63) is 53.3 Å². The smallest absolute Gasteiger partial charge is 0.251 e. The lowest BCUT2D eigenvalue weighted by molar-refractivity contribution is 0.0942. The SMILES string of the molecule is Cc1nc2ccc(C(=O)NCC(c3ccc4c(c3)OCO4)N(C)C)cc2[nH]1. The minimum Gasteiger partial charge on any atom is -0.454 e. The lowest BCUT2D eigenvalue weighted by Crippen LogP contribution is -2.34. The molecule has 4 rings (SSSR count). The maximum absolute atomic E-state index is 12.6. The molecule has 1 atom stereocenters. The monoisotopic (exact) mass is 366 g/mol. The van der Waals surface area contributed by atoms with E-state index in [4.69, 9.17) is 9.47 Å². The van der Waals surface area contributed by atoms with Gasteiger partial charge in [-0.25, -0.2) is 4.98 Å². The second kappa shape index (κ2) is 6.92. The van der Waals surface area contributed by atoms with E-state index in [9.17, 15) is 4.79 Å². The number of hydrogen-bond acceptors (Lipinski definition) is 5. The van der Waals surface area contributed by atoms with Gasteiger partial charge >= 0.3 is 0 Å². The van der Waals surface area contributed by atoms with Gasteiger partial charge in [-0.3, -0.25) is 4.79 Å². The number of rotatable bonds is 5. The number of aromatic nitrogens is 2. The van der Waals surface area contributed by atoms with E-state index < -0.39 is 0 Å². The number of hydrogen-bond donors (Lipinski definition) is 2. The van der Waals surface area contributed by atoms with Crippen LogP contribution >= 0.6 is 0 Å². The molecule has 0 aliphatic carbocycles. The summed E-state index contributed by atoms with van der Waals surface area (Å²) in [6.45, 7) is 2.62. The van der Waals surface area contributed by atoms with E-state index in [1.165, 1.54) is 0 Å². The molecular formula is C20H22N4O3. The maximum atomic E-state index is 12.6. The summed E-state index contributed by atoms with van der Waals surface area (Å²) >= 11 is 0. The first-order valence-electron chi connectivity index (χ1n) is 8.82. The van der Waals surface area contributed by atoms with E-state index in [0.29, 0.717) is 12.1 Å². The number of nitrogens with one attached hydrogen (secondary N) is 2. The highest BCUT2D eigenvalue weighted by Gasteiger charge is 2.20. The summed E-state index contributed by atoms with van der Waals surface area (Å²) in [6.07, 6.45) is 0. The van der Waals surface area contributed by atoms with E-state index in [2.05, 4.69) is 20.2 Å². The Morgan fingerprint density at radius 1 is 1.22 bits per heavy atom. The molecule has 0 spiro atoms. The highest BCUT2D eigenvalue weighted by molar-refractivity contribution is 5.97. The number of carbonyl (C=O) groups is 1. The number of nitrogens with zero attached hydrogens (tertiary/aromatic N) is 2. The molecule has 3 aromatic rings. The van der Waals surface area contributed by atoms with Crippen LogP contribution < -0.4 is 14.8 Å². The number of fused-ring (bicyclic) bond motifs is 2. The molecule has 1 aromatic heterocycles. The van der Waals surface area contributed by atoms with Crippen LogP contribution in [0.4, 0.5) is 0 Å². The highest BCUT2D eigenvalue weighted by Crippen LogP contribution is 2.35. The van der Waals surface area contributed by atoms with E-state index in [-0.39, 0.29) is 18.7 Å². The molecule has 140 valence electrons. The first-order valence-corrected chi connectivity index (χ1v) is 8.82. The zero-order valence-electron chi connectivity index (χ0n) is 15.6. The molecule has 1 amide bonds. The Morgan fingerprint density at radius 3 is 2.85 bits per heavy atom. The van der Waals surface area contributed by atoms with Crippen molar-refractivity contribution >= 4 is 16.9 Å². The number of carbonyl (C=O) groups excluding carboxylic acids is 1. The van der Waals surface area contributed by atoms with Gasteiger partial charge in [0.15, 0.2) is 11.5 Å². The summed E-state index contributed by atoms with van der Waals surface area (Å²) in [4.78, 5) is 22.2. The van der Waals surface area contributed by atoms with E-state index in [1.807, 2.05) is 51.4 Å². The molecular weight excluding hydrogens is 344 g/mol. The average molecular weight is 366 g/mol. The van der Waals surface area contributed by atoms with E-state index in [1.54, 1.807) is 6.07 Å². The third-order valence-corrected chi connectivity index (χ3v) is 4.72. The number of imidazole rings is 1. The topological polar surface area (TPSA) is 79.5 Å². The summed E-state index contributed by atoms with van der Waals surface area (Å²) in [5.74, 6) is 2.21. The van der Waals surface area contributed by atoms with Crippen molar-refractivity contribution in [1.29, 1.82) is 0 Å². The molecule has 1 aliphatic heterocycles. The second-order valence-electron chi connectivity index (χ2n) is 6.86. The Bertz CT molecular complexity index is 996. The molecule has 2 N–H and O–H groups in total. The van der Waals surface area contributed by atoms with Gasteiger partial charge in [0.25, 0.3) is 5.91 Å². The molecule has 2 heterocycles. The molecule has 0 radical (unpaired) electrons. The summed E-state index contributed by atoms with van der Waals surface area (Å²) in [6, 6.07) is 11.4. The molecule has 1 unspecified atom stereocenters. The fraction of sp³-hybridized carbons (Fsp3) is 0.300. The number of aryl methyl sites for hydroxylation is 1. The van der Waals surface area contributed by atoms with Crippen LogP contribution in [0.1, 0.15) is 27.8 Å². The van der Waals surface area contributed by atoms with Crippen LogP contribution in [0, 0.1) is 6.92 Å². The zero-order valence-corrected chi connectivity index (χ0v) is 15.6. The Labute approximate surface area is 157 Å². The van der Waals surface area contributed by atoms with Crippen molar-refractivity contribution in [2.45, 2.75) is 13.0 Å². The largest absolute Gasteiger partial charge is 0.454 e. The van der Waals surface area contributed by atoms with Gasteiger partial charge in [0.2, 0.25) is 6.79 Å². The van der Waals surface area contributed by atoms with E-state index in [0.717, 1.165) is 33.9 Å². The van der Waals surface area contributed by atoms with Gasteiger partial charge in [0.1, 0.15) is 5.82 Å². The molecule has 0 saturated carbocycles. The standard InChI is InChI=1S/C20H22N4O3/c1-12-22-15-6-4-14(8-16(15)23-12)20(25)21-10-17(24(2)3)13-5-7-18-19(9-13)27-11-26-18/h4-9,17H,10-11H2,1-3H3,(H,21,25)(H,22,23). The van der Waals surface area contributed by atoms with Crippen molar-refractivity contribution in [2.24, 2.45) is 0 Å². The number of benzene rings is 2. The van der Waals surface area contributed by atoms with Crippen LogP contribution in [-0.4, -0.2) is 48.2 Å². The average Bonchev–Trinajstić information content (AvgIpc) is 3.25. The third kappa shape index (κ3) is 3.46. The van der Waals surface area contributed by atoms with Crippen molar-refractivity contribution < 1.29 is 14.3 Å².